The van der Waals surface area contributed by atoms with Crippen LogP contribution in [0.5, 0.6) is 0 Å². The Morgan fingerprint density at radius 3 is 2.17 bits per heavy atom. The van der Waals surface area contributed by atoms with Gasteiger partial charge in [0.2, 0.25) is 11.0 Å². The number of anilines is 1. The van der Waals surface area contributed by atoms with E-state index in [0.29, 0.717) is 28.6 Å². The molecule has 0 bridgehead atoms. The van der Waals surface area contributed by atoms with Crippen LogP contribution in [0.15, 0.2) is 24.3 Å². The number of carbonyl (C=O) groups excluding carboxylic acids is 3. The third kappa shape index (κ3) is 4.22. The Hall–Kier alpha value is -2.61. The van der Waals surface area contributed by atoms with E-state index in [0.717, 1.165) is 22.7 Å². The van der Waals surface area contributed by atoms with Crippen LogP contribution in [0, 0.1) is 5.92 Å². The van der Waals surface area contributed by atoms with Gasteiger partial charge >= 0.3 is 0 Å². The molecule has 0 radical (unpaired) electrons. The molecule has 1 aromatic carbocycles. The maximum absolute atomic E-state index is 13.1. The Morgan fingerprint density at radius 2 is 1.66 bits per heavy atom. The van der Waals surface area contributed by atoms with E-state index in [1.165, 1.54) is 11.3 Å². The summed E-state index contributed by atoms with van der Waals surface area (Å²) in [6, 6.07) is 5.76. The summed E-state index contributed by atoms with van der Waals surface area (Å²) in [4.78, 5) is 39.9. The molecule has 0 saturated carbocycles. The first-order chi connectivity index (χ1) is 13.9. The Morgan fingerprint density at radius 1 is 1.07 bits per heavy atom. The van der Waals surface area contributed by atoms with Crippen molar-refractivity contribution in [2.75, 3.05) is 5.32 Å². The molecule has 154 valence electrons. The van der Waals surface area contributed by atoms with Gasteiger partial charge in [0.25, 0.3) is 11.8 Å². The smallest absolute Gasteiger partial charge is 0.262 e. The Labute approximate surface area is 174 Å². The van der Waals surface area contributed by atoms with Crippen molar-refractivity contribution in [3.05, 3.63) is 40.4 Å². The summed E-state index contributed by atoms with van der Waals surface area (Å²) in [6.07, 6.45) is 2.27. The summed E-state index contributed by atoms with van der Waals surface area (Å²) < 4.78 is 0. The maximum Gasteiger partial charge on any atom is 0.262 e. The first-order valence-electron chi connectivity index (χ1n) is 9.98. The molecule has 3 rings (SSSR count). The standard InChI is InChI=1S/C21H26N4O3S/c1-5-13(6-2)18-23-24-21(29-18)22-17(26)16(11-12(3)4)25-19(27)14-9-7-8-10-15(14)20(25)28/h7-10,12-13,16H,5-6,11H2,1-4H3,(H,22,24,26)/t16-/m1/s1. The normalized spacial score (nSPS) is 14.6. The van der Waals surface area contributed by atoms with E-state index in [-0.39, 0.29) is 5.92 Å². The summed E-state index contributed by atoms with van der Waals surface area (Å²) in [6.45, 7) is 8.09. The van der Waals surface area contributed by atoms with Crippen LogP contribution in [-0.2, 0) is 4.79 Å². The SMILES string of the molecule is CCC(CC)c1nnc(NC(=O)[C@@H](CC(C)C)N2C(=O)c3ccccc3C2=O)s1. The molecular formula is C21H26N4O3S. The molecule has 0 spiro atoms. The van der Waals surface area contributed by atoms with Crippen molar-refractivity contribution in [2.24, 2.45) is 5.92 Å². The van der Waals surface area contributed by atoms with Crippen LogP contribution in [0.4, 0.5) is 5.13 Å². The van der Waals surface area contributed by atoms with Gasteiger partial charge in [-0.3, -0.25) is 24.6 Å². The number of imide groups is 1. The average molecular weight is 415 g/mol. The second kappa shape index (κ2) is 8.82. The fourth-order valence-electron chi connectivity index (χ4n) is 3.54. The molecule has 2 aromatic rings. The van der Waals surface area contributed by atoms with E-state index in [9.17, 15) is 14.4 Å². The Bertz CT molecular complexity index is 885. The predicted molar refractivity (Wildman–Crippen MR) is 112 cm³/mol. The lowest BCUT2D eigenvalue weighted by molar-refractivity contribution is -0.120. The fraction of sp³-hybridized carbons (Fsp3) is 0.476. The van der Waals surface area contributed by atoms with Crippen LogP contribution < -0.4 is 5.32 Å². The number of aromatic nitrogens is 2. The molecule has 0 aliphatic carbocycles. The second-order valence-electron chi connectivity index (χ2n) is 7.62. The van der Waals surface area contributed by atoms with Gasteiger partial charge in [-0.2, -0.15) is 0 Å². The lowest BCUT2D eigenvalue weighted by atomic mass is 10.0. The van der Waals surface area contributed by atoms with E-state index >= 15 is 0 Å². The Balaban J connectivity index is 1.84. The summed E-state index contributed by atoms with van der Waals surface area (Å²) in [5.41, 5.74) is 0.678. The van der Waals surface area contributed by atoms with Gasteiger partial charge in [0.1, 0.15) is 11.0 Å². The lowest BCUT2D eigenvalue weighted by Gasteiger charge is -2.26. The van der Waals surface area contributed by atoms with Crippen LogP contribution in [0.3, 0.4) is 0 Å². The fourth-order valence-corrected chi connectivity index (χ4v) is 4.56. The number of fused-ring (bicyclic) bond motifs is 1. The minimum absolute atomic E-state index is 0.115. The van der Waals surface area contributed by atoms with Gasteiger partial charge in [-0.25, -0.2) is 0 Å². The molecule has 2 heterocycles. The van der Waals surface area contributed by atoms with Gasteiger partial charge in [-0.1, -0.05) is 51.2 Å². The highest BCUT2D eigenvalue weighted by atomic mass is 32.1. The number of rotatable bonds is 8. The molecule has 0 saturated heterocycles. The van der Waals surface area contributed by atoms with Gasteiger partial charge < -0.3 is 0 Å². The molecular weight excluding hydrogens is 388 g/mol. The number of benzene rings is 1. The third-order valence-electron chi connectivity index (χ3n) is 5.14. The zero-order valence-corrected chi connectivity index (χ0v) is 18.0. The van der Waals surface area contributed by atoms with Crippen molar-refractivity contribution in [3.63, 3.8) is 0 Å². The molecule has 7 nitrogen and oxygen atoms in total. The number of carbonyl (C=O) groups is 3. The van der Waals surface area contributed by atoms with E-state index in [1.807, 2.05) is 13.8 Å². The van der Waals surface area contributed by atoms with Crippen molar-refractivity contribution < 1.29 is 14.4 Å². The predicted octanol–water partition coefficient (Wildman–Crippen LogP) is 4.09. The molecule has 0 fully saturated rings. The van der Waals surface area contributed by atoms with E-state index in [2.05, 4.69) is 29.4 Å². The average Bonchev–Trinajstić information content (AvgIpc) is 3.25. The van der Waals surface area contributed by atoms with Crippen molar-refractivity contribution in [1.29, 1.82) is 0 Å². The van der Waals surface area contributed by atoms with Crippen LogP contribution in [-0.4, -0.2) is 38.9 Å². The van der Waals surface area contributed by atoms with Gasteiger partial charge in [0.15, 0.2) is 0 Å². The molecule has 3 amide bonds. The highest BCUT2D eigenvalue weighted by molar-refractivity contribution is 7.15. The van der Waals surface area contributed by atoms with Crippen molar-refractivity contribution >= 4 is 34.2 Å². The topological polar surface area (TPSA) is 92.3 Å². The van der Waals surface area contributed by atoms with Gasteiger partial charge in [-0.05, 0) is 37.3 Å². The van der Waals surface area contributed by atoms with Gasteiger partial charge in [0.05, 0.1) is 11.1 Å². The molecule has 1 aromatic heterocycles. The summed E-state index contributed by atoms with van der Waals surface area (Å²) in [7, 11) is 0. The second-order valence-corrected chi connectivity index (χ2v) is 8.63. The molecule has 29 heavy (non-hydrogen) atoms. The van der Waals surface area contributed by atoms with Crippen LogP contribution in [0.1, 0.15) is 78.6 Å². The third-order valence-corrected chi connectivity index (χ3v) is 6.14. The molecule has 1 atom stereocenters. The van der Waals surface area contributed by atoms with Crippen LogP contribution in [0.25, 0.3) is 0 Å². The quantitative estimate of drug-likeness (QED) is 0.657. The summed E-state index contributed by atoms with van der Waals surface area (Å²) in [5.74, 6) is -0.853. The molecule has 1 aliphatic rings. The lowest BCUT2D eigenvalue weighted by Crippen LogP contribution is -2.47. The number of nitrogens with one attached hydrogen (secondary N) is 1. The largest absolute Gasteiger partial charge is 0.299 e. The molecule has 0 unspecified atom stereocenters. The van der Waals surface area contributed by atoms with Crippen molar-refractivity contribution in [3.8, 4) is 0 Å². The number of amides is 3. The maximum atomic E-state index is 13.1. The summed E-state index contributed by atoms with van der Waals surface area (Å²) in [5, 5.41) is 12.3. The summed E-state index contributed by atoms with van der Waals surface area (Å²) >= 11 is 1.34. The van der Waals surface area contributed by atoms with E-state index < -0.39 is 23.8 Å². The van der Waals surface area contributed by atoms with E-state index in [1.54, 1.807) is 24.3 Å². The van der Waals surface area contributed by atoms with Gasteiger partial charge in [-0.15, -0.1) is 10.2 Å². The number of hydrogen-bond acceptors (Lipinski definition) is 6. The number of nitrogens with zero attached hydrogens (tertiary/aromatic N) is 3. The zero-order chi connectivity index (χ0) is 21.1. The Kier molecular flexibility index (Phi) is 6.42. The molecule has 8 heteroatoms. The van der Waals surface area contributed by atoms with Crippen LogP contribution >= 0.6 is 11.3 Å². The first kappa shape index (κ1) is 21.1. The minimum Gasteiger partial charge on any atom is -0.299 e. The van der Waals surface area contributed by atoms with Crippen molar-refractivity contribution in [1.82, 2.24) is 15.1 Å². The van der Waals surface area contributed by atoms with Crippen molar-refractivity contribution in [2.45, 2.75) is 58.9 Å². The molecule has 1 aliphatic heterocycles. The first-order valence-corrected chi connectivity index (χ1v) is 10.8. The highest BCUT2D eigenvalue weighted by Crippen LogP contribution is 2.30. The van der Waals surface area contributed by atoms with Gasteiger partial charge in [0, 0.05) is 5.92 Å². The molecule has 1 N–H and O–H groups in total. The minimum atomic E-state index is -0.900. The highest BCUT2D eigenvalue weighted by Gasteiger charge is 2.43. The van der Waals surface area contributed by atoms with Crippen LogP contribution in [0.2, 0.25) is 0 Å². The zero-order valence-electron chi connectivity index (χ0n) is 17.1. The monoisotopic (exact) mass is 414 g/mol. The van der Waals surface area contributed by atoms with E-state index in [4.69, 9.17) is 0 Å². The number of hydrogen-bond donors (Lipinski definition) is 1.